The number of likely N-dealkylation sites (tertiary alicyclic amines) is 1. The van der Waals surface area contributed by atoms with Crippen molar-refractivity contribution in [2.45, 2.75) is 38.8 Å². The van der Waals surface area contributed by atoms with E-state index >= 15 is 0 Å². The molecule has 2 aromatic rings. The summed E-state index contributed by atoms with van der Waals surface area (Å²) >= 11 is 0. The Morgan fingerprint density at radius 2 is 2.04 bits per heavy atom. The number of aromatic nitrogens is 2. The molecule has 26 heavy (non-hydrogen) atoms. The summed E-state index contributed by atoms with van der Waals surface area (Å²) in [6.07, 6.45) is 11.8. The predicted octanol–water partition coefficient (Wildman–Crippen LogP) is 2.79. The average molecular weight is 350 g/mol. The highest BCUT2D eigenvalue weighted by atomic mass is 16.1. The van der Waals surface area contributed by atoms with Crippen LogP contribution < -0.4 is 5.32 Å². The molecule has 1 saturated carbocycles. The lowest BCUT2D eigenvalue weighted by Gasteiger charge is -2.30. The molecular weight excluding hydrogens is 324 g/mol. The van der Waals surface area contributed by atoms with Crippen molar-refractivity contribution >= 4 is 5.91 Å². The van der Waals surface area contributed by atoms with Gasteiger partial charge < -0.3 is 5.32 Å². The molecule has 136 valence electrons. The highest BCUT2D eigenvalue weighted by Gasteiger charge is 2.50. The summed E-state index contributed by atoms with van der Waals surface area (Å²) in [4.78, 5) is 23.6. The highest BCUT2D eigenvalue weighted by molar-refractivity contribution is 5.80. The van der Waals surface area contributed by atoms with Gasteiger partial charge in [0.2, 0.25) is 5.91 Å². The standard InChI is InChI=1S/C21H26N4O/c26-20(24-14-18-3-2-9-23-13-18)19-4-1-7-21(19)8-12-25(16-21)15-17-5-10-22-11-6-17/h2-3,5-6,9-11,13,19H,1,4,7-8,12,14-16H2,(H,24,26)/t19-,21-/m0/s1. The lowest BCUT2D eigenvalue weighted by atomic mass is 9.76. The van der Waals surface area contributed by atoms with Crippen LogP contribution in [-0.2, 0) is 17.9 Å². The van der Waals surface area contributed by atoms with Crippen LogP contribution in [0.1, 0.15) is 36.8 Å². The largest absolute Gasteiger partial charge is 0.352 e. The molecule has 1 spiro atoms. The van der Waals surface area contributed by atoms with E-state index in [0.29, 0.717) is 6.54 Å². The van der Waals surface area contributed by atoms with Crippen LogP contribution in [0.5, 0.6) is 0 Å². The van der Waals surface area contributed by atoms with Crippen LogP contribution >= 0.6 is 0 Å². The second-order valence-electron chi connectivity index (χ2n) is 7.70. The molecule has 1 aliphatic heterocycles. The van der Waals surface area contributed by atoms with E-state index in [1.807, 2.05) is 30.7 Å². The number of pyridine rings is 2. The monoisotopic (exact) mass is 350 g/mol. The fourth-order valence-corrected chi connectivity index (χ4v) is 4.72. The van der Waals surface area contributed by atoms with E-state index in [1.54, 1.807) is 6.20 Å². The minimum Gasteiger partial charge on any atom is -0.352 e. The van der Waals surface area contributed by atoms with Gasteiger partial charge in [-0.1, -0.05) is 12.5 Å². The lowest BCUT2D eigenvalue weighted by molar-refractivity contribution is -0.128. The normalized spacial score (nSPS) is 25.6. The molecule has 2 aliphatic rings. The first-order chi connectivity index (χ1) is 12.8. The molecule has 5 nitrogen and oxygen atoms in total. The van der Waals surface area contributed by atoms with Crippen molar-refractivity contribution < 1.29 is 4.79 Å². The molecule has 0 bridgehead atoms. The topological polar surface area (TPSA) is 58.1 Å². The maximum absolute atomic E-state index is 12.9. The quantitative estimate of drug-likeness (QED) is 0.901. The number of amides is 1. The Kier molecular flexibility index (Phi) is 4.98. The maximum Gasteiger partial charge on any atom is 0.223 e. The van der Waals surface area contributed by atoms with Crippen molar-refractivity contribution in [1.82, 2.24) is 20.2 Å². The van der Waals surface area contributed by atoms with Crippen LogP contribution in [0.4, 0.5) is 0 Å². The first-order valence-electron chi connectivity index (χ1n) is 9.53. The Bertz CT molecular complexity index is 736. The summed E-state index contributed by atoms with van der Waals surface area (Å²) in [5.41, 5.74) is 2.51. The average Bonchev–Trinajstić information content (AvgIpc) is 3.28. The highest BCUT2D eigenvalue weighted by Crippen LogP contribution is 2.50. The Hall–Kier alpha value is -2.27. The van der Waals surface area contributed by atoms with Gasteiger partial charge in [-0.15, -0.1) is 0 Å². The molecule has 0 aromatic carbocycles. The van der Waals surface area contributed by atoms with Crippen LogP contribution in [-0.4, -0.2) is 33.9 Å². The Balaban J connectivity index is 1.37. The van der Waals surface area contributed by atoms with E-state index < -0.39 is 0 Å². The van der Waals surface area contributed by atoms with Gasteiger partial charge in [-0.2, -0.15) is 0 Å². The third-order valence-corrected chi connectivity index (χ3v) is 6.03. The van der Waals surface area contributed by atoms with Gasteiger partial charge in [-0.25, -0.2) is 0 Å². The van der Waals surface area contributed by atoms with E-state index in [2.05, 4.69) is 32.3 Å². The van der Waals surface area contributed by atoms with E-state index in [1.165, 1.54) is 12.0 Å². The van der Waals surface area contributed by atoms with E-state index in [-0.39, 0.29) is 17.2 Å². The maximum atomic E-state index is 12.9. The molecule has 1 saturated heterocycles. The molecule has 5 heteroatoms. The van der Waals surface area contributed by atoms with Gasteiger partial charge in [0, 0.05) is 50.3 Å². The van der Waals surface area contributed by atoms with Crippen LogP contribution in [0.2, 0.25) is 0 Å². The first kappa shape index (κ1) is 17.2. The van der Waals surface area contributed by atoms with Gasteiger partial charge in [0.25, 0.3) is 0 Å². The summed E-state index contributed by atoms with van der Waals surface area (Å²) in [6, 6.07) is 8.08. The second-order valence-corrected chi connectivity index (χ2v) is 7.70. The number of hydrogen-bond acceptors (Lipinski definition) is 4. The molecule has 0 radical (unpaired) electrons. The van der Waals surface area contributed by atoms with Crippen molar-refractivity contribution in [1.29, 1.82) is 0 Å². The smallest absolute Gasteiger partial charge is 0.223 e. The zero-order chi connectivity index (χ0) is 17.8. The van der Waals surface area contributed by atoms with E-state index in [9.17, 15) is 4.79 Å². The number of hydrogen-bond donors (Lipinski definition) is 1. The summed E-state index contributed by atoms with van der Waals surface area (Å²) in [5, 5.41) is 3.15. The second kappa shape index (κ2) is 7.54. The lowest BCUT2D eigenvalue weighted by Crippen LogP contribution is -2.40. The zero-order valence-corrected chi connectivity index (χ0v) is 15.1. The molecule has 1 amide bonds. The van der Waals surface area contributed by atoms with Crippen molar-refractivity contribution in [2.75, 3.05) is 13.1 Å². The molecule has 2 aromatic heterocycles. The SMILES string of the molecule is O=C(NCc1cccnc1)[C@@H]1CCC[C@@]12CCN(Cc1ccncc1)C2. The van der Waals surface area contributed by atoms with Crippen LogP contribution in [0, 0.1) is 11.3 Å². The van der Waals surface area contributed by atoms with Crippen LogP contribution in [0.3, 0.4) is 0 Å². The van der Waals surface area contributed by atoms with Gasteiger partial charge in [0.05, 0.1) is 0 Å². The molecular formula is C21H26N4O. The van der Waals surface area contributed by atoms with Gasteiger partial charge in [0.1, 0.15) is 0 Å². The van der Waals surface area contributed by atoms with Crippen molar-refractivity contribution in [3.05, 3.63) is 60.2 Å². The number of nitrogens with zero attached hydrogens (tertiary/aromatic N) is 3. The molecule has 0 unspecified atom stereocenters. The molecule has 4 rings (SSSR count). The van der Waals surface area contributed by atoms with E-state index in [4.69, 9.17) is 0 Å². The van der Waals surface area contributed by atoms with Crippen molar-refractivity contribution in [3.63, 3.8) is 0 Å². The Morgan fingerprint density at radius 3 is 2.85 bits per heavy atom. The van der Waals surface area contributed by atoms with Gasteiger partial charge >= 0.3 is 0 Å². The third kappa shape index (κ3) is 3.63. The summed E-state index contributed by atoms with van der Waals surface area (Å²) in [5.74, 6) is 0.360. The minimum absolute atomic E-state index is 0.140. The minimum atomic E-state index is 0.140. The van der Waals surface area contributed by atoms with Gasteiger partial charge in [-0.05, 0) is 60.5 Å². The third-order valence-electron chi connectivity index (χ3n) is 6.03. The Morgan fingerprint density at radius 1 is 1.15 bits per heavy atom. The summed E-state index contributed by atoms with van der Waals surface area (Å²) in [7, 11) is 0. The van der Waals surface area contributed by atoms with Crippen molar-refractivity contribution in [2.24, 2.45) is 11.3 Å². The fourth-order valence-electron chi connectivity index (χ4n) is 4.72. The molecule has 2 fully saturated rings. The van der Waals surface area contributed by atoms with Crippen molar-refractivity contribution in [3.8, 4) is 0 Å². The molecule has 2 atom stereocenters. The first-order valence-corrected chi connectivity index (χ1v) is 9.53. The van der Waals surface area contributed by atoms with Gasteiger partial charge in [0.15, 0.2) is 0 Å². The number of rotatable bonds is 5. The number of nitrogens with one attached hydrogen (secondary N) is 1. The van der Waals surface area contributed by atoms with Crippen LogP contribution in [0.25, 0.3) is 0 Å². The fraction of sp³-hybridized carbons (Fsp3) is 0.476. The van der Waals surface area contributed by atoms with Gasteiger partial charge in [-0.3, -0.25) is 19.7 Å². The number of carbonyl (C=O) groups is 1. The Labute approximate surface area is 154 Å². The molecule has 1 N–H and O–H groups in total. The summed E-state index contributed by atoms with van der Waals surface area (Å²) in [6.45, 7) is 3.63. The number of carbonyl (C=O) groups excluding carboxylic acids is 1. The summed E-state index contributed by atoms with van der Waals surface area (Å²) < 4.78 is 0. The van der Waals surface area contributed by atoms with Crippen LogP contribution in [0.15, 0.2) is 49.1 Å². The molecule has 3 heterocycles. The van der Waals surface area contributed by atoms with E-state index in [0.717, 1.165) is 44.5 Å². The predicted molar refractivity (Wildman–Crippen MR) is 100.0 cm³/mol. The molecule has 1 aliphatic carbocycles. The zero-order valence-electron chi connectivity index (χ0n) is 15.1.